The number of hydrogen-bond acceptors (Lipinski definition) is 2. The van der Waals surface area contributed by atoms with Gasteiger partial charge >= 0.3 is 0 Å². The fourth-order valence-electron chi connectivity index (χ4n) is 1.13. The number of nitrogens with zero attached hydrogens (tertiary/aromatic N) is 3. The minimum absolute atomic E-state index is 0. The number of rotatable bonds is 2. The standard InChI is InChI=1S/C10H16N6.ClH/c1-16(2)8-5-3-4-7(6-8)14-10(13)15-9(11)12;/h3-6H,1-2H3,(H6,11,12,13,14,15);1H. The maximum Gasteiger partial charge on any atom is 0.223 e. The third-order valence-corrected chi connectivity index (χ3v) is 1.83. The average molecular weight is 257 g/mol. The van der Waals surface area contributed by atoms with Crippen LogP contribution in [-0.2, 0) is 0 Å². The predicted molar refractivity (Wildman–Crippen MR) is 75.1 cm³/mol. The van der Waals surface area contributed by atoms with Crippen LogP contribution < -0.4 is 22.1 Å². The van der Waals surface area contributed by atoms with Gasteiger partial charge in [-0.05, 0) is 18.2 Å². The minimum atomic E-state index is -0.106. The van der Waals surface area contributed by atoms with E-state index in [9.17, 15) is 0 Å². The topological polar surface area (TPSA) is 106 Å². The lowest BCUT2D eigenvalue weighted by atomic mass is 10.3. The molecule has 0 amide bonds. The first-order valence-electron chi connectivity index (χ1n) is 4.70. The summed E-state index contributed by atoms with van der Waals surface area (Å²) in [4.78, 5) is 9.66. The van der Waals surface area contributed by atoms with Gasteiger partial charge in [0.1, 0.15) is 0 Å². The lowest BCUT2D eigenvalue weighted by Gasteiger charge is -2.12. The zero-order valence-electron chi connectivity index (χ0n) is 9.79. The van der Waals surface area contributed by atoms with Crippen LogP contribution in [-0.4, -0.2) is 26.0 Å². The molecule has 1 rings (SSSR count). The van der Waals surface area contributed by atoms with Gasteiger partial charge in [-0.3, -0.25) is 0 Å². The third-order valence-electron chi connectivity index (χ3n) is 1.83. The second-order valence-electron chi connectivity index (χ2n) is 3.42. The number of guanidine groups is 2. The van der Waals surface area contributed by atoms with Crippen LogP contribution in [0, 0.1) is 0 Å². The van der Waals surface area contributed by atoms with Crippen LogP contribution in [0.4, 0.5) is 11.4 Å². The highest BCUT2D eigenvalue weighted by atomic mass is 35.5. The monoisotopic (exact) mass is 256 g/mol. The fraction of sp³-hybridized carbons (Fsp3) is 0.200. The van der Waals surface area contributed by atoms with Crippen LogP contribution in [0.2, 0.25) is 0 Å². The molecule has 1 aromatic rings. The third kappa shape index (κ3) is 5.07. The summed E-state index contributed by atoms with van der Waals surface area (Å²) in [7, 11) is 3.89. The van der Waals surface area contributed by atoms with Gasteiger partial charge in [-0.2, -0.15) is 4.99 Å². The second kappa shape index (κ2) is 6.59. The fourth-order valence-corrected chi connectivity index (χ4v) is 1.13. The van der Waals surface area contributed by atoms with Gasteiger partial charge in [0.2, 0.25) is 5.96 Å². The molecule has 7 heteroatoms. The molecule has 17 heavy (non-hydrogen) atoms. The summed E-state index contributed by atoms with van der Waals surface area (Å²) in [5, 5.41) is 0. The molecule has 0 aliphatic carbocycles. The predicted octanol–water partition coefficient (Wildman–Crippen LogP) is 0.394. The minimum Gasteiger partial charge on any atom is -0.378 e. The van der Waals surface area contributed by atoms with Gasteiger partial charge in [0.05, 0.1) is 5.69 Å². The normalized spacial score (nSPS) is 10.4. The van der Waals surface area contributed by atoms with Crippen molar-refractivity contribution in [1.82, 2.24) is 0 Å². The zero-order chi connectivity index (χ0) is 12.1. The van der Waals surface area contributed by atoms with Crippen LogP contribution in [0.15, 0.2) is 34.3 Å². The van der Waals surface area contributed by atoms with E-state index in [1.165, 1.54) is 0 Å². The summed E-state index contributed by atoms with van der Waals surface area (Å²) in [6.07, 6.45) is 0. The van der Waals surface area contributed by atoms with E-state index in [4.69, 9.17) is 17.2 Å². The Balaban J connectivity index is 0.00000256. The first-order valence-corrected chi connectivity index (χ1v) is 4.70. The van der Waals surface area contributed by atoms with Crippen LogP contribution in [0.3, 0.4) is 0 Å². The van der Waals surface area contributed by atoms with Crippen LogP contribution in [0.25, 0.3) is 0 Å². The molecule has 0 aliphatic heterocycles. The van der Waals surface area contributed by atoms with E-state index in [2.05, 4.69) is 9.98 Å². The molecular weight excluding hydrogens is 240 g/mol. The van der Waals surface area contributed by atoms with Crippen molar-refractivity contribution in [3.05, 3.63) is 24.3 Å². The summed E-state index contributed by atoms with van der Waals surface area (Å²) in [6.45, 7) is 0. The smallest absolute Gasteiger partial charge is 0.223 e. The number of anilines is 1. The number of aliphatic imine (C=N–C) groups is 2. The molecule has 0 saturated heterocycles. The molecule has 0 atom stereocenters. The highest BCUT2D eigenvalue weighted by Crippen LogP contribution is 2.19. The molecule has 94 valence electrons. The Morgan fingerprint density at radius 3 is 2.35 bits per heavy atom. The van der Waals surface area contributed by atoms with Gasteiger partial charge in [0, 0.05) is 19.8 Å². The van der Waals surface area contributed by atoms with E-state index in [1.54, 1.807) is 0 Å². The van der Waals surface area contributed by atoms with E-state index < -0.39 is 0 Å². The highest BCUT2D eigenvalue weighted by molar-refractivity contribution is 5.93. The number of nitrogens with two attached hydrogens (primary N) is 3. The molecule has 1 aromatic carbocycles. The largest absolute Gasteiger partial charge is 0.378 e. The molecule has 0 aliphatic rings. The van der Waals surface area contributed by atoms with E-state index in [1.807, 2.05) is 43.3 Å². The van der Waals surface area contributed by atoms with Gasteiger partial charge in [-0.25, -0.2) is 4.99 Å². The molecule has 0 radical (unpaired) electrons. The van der Waals surface area contributed by atoms with Crippen molar-refractivity contribution in [2.45, 2.75) is 0 Å². The lowest BCUT2D eigenvalue weighted by molar-refractivity contribution is 1.13. The Hall–Kier alpha value is -1.95. The number of hydrogen-bond donors (Lipinski definition) is 3. The first-order chi connectivity index (χ1) is 7.49. The van der Waals surface area contributed by atoms with E-state index in [0.717, 1.165) is 5.69 Å². The van der Waals surface area contributed by atoms with Gasteiger partial charge in [-0.1, -0.05) is 6.07 Å². The Kier molecular flexibility index (Phi) is 5.84. The Labute approximate surface area is 107 Å². The highest BCUT2D eigenvalue weighted by Gasteiger charge is 1.97. The second-order valence-corrected chi connectivity index (χ2v) is 3.42. The SMILES string of the molecule is CN(C)c1cccc(N=C(N)N=C(N)N)c1.Cl. The van der Waals surface area contributed by atoms with Crippen molar-refractivity contribution >= 4 is 35.7 Å². The number of halogens is 1. The Morgan fingerprint density at radius 1 is 1.18 bits per heavy atom. The molecule has 0 bridgehead atoms. The molecule has 6 N–H and O–H groups in total. The van der Waals surface area contributed by atoms with Crippen LogP contribution >= 0.6 is 12.4 Å². The van der Waals surface area contributed by atoms with Gasteiger partial charge in [-0.15, -0.1) is 12.4 Å². The molecule has 6 nitrogen and oxygen atoms in total. The molecule has 0 unspecified atom stereocenters. The Morgan fingerprint density at radius 2 is 1.82 bits per heavy atom. The summed E-state index contributed by atoms with van der Waals surface area (Å²) < 4.78 is 0. The van der Waals surface area contributed by atoms with E-state index in [-0.39, 0.29) is 24.3 Å². The molecule has 0 saturated carbocycles. The molecule has 0 heterocycles. The van der Waals surface area contributed by atoms with Crippen molar-refractivity contribution < 1.29 is 0 Å². The molecule has 0 aromatic heterocycles. The summed E-state index contributed by atoms with van der Waals surface area (Å²) in [6, 6.07) is 7.56. The summed E-state index contributed by atoms with van der Waals surface area (Å²) in [5.74, 6) is -0.0686. The Bertz CT molecular complexity index is 423. The van der Waals surface area contributed by atoms with Crippen molar-refractivity contribution in [2.24, 2.45) is 27.2 Å². The van der Waals surface area contributed by atoms with Gasteiger partial charge < -0.3 is 22.1 Å². The quantitative estimate of drug-likeness (QED) is 0.526. The van der Waals surface area contributed by atoms with Gasteiger partial charge in [0.15, 0.2) is 5.96 Å². The van der Waals surface area contributed by atoms with Crippen molar-refractivity contribution in [3.8, 4) is 0 Å². The van der Waals surface area contributed by atoms with Gasteiger partial charge in [0.25, 0.3) is 0 Å². The maximum absolute atomic E-state index is 5.52. The first kappa shape index (κ1) is 15.0. The molecular formula is C10H17ClN6. The van der Waals surface area contributed by atoms with Crippen molar-refractivity contribution in [2.75, 3.05) is 19.0 Å². The molecule has 0 fully saturated rings. The van der Waals surface area contributed by atoms with E-state index >= 15 is 0 Å². The van der Waals surface area contributed by atoms with Crippen LogP contribution in [0.1, 0.15) is 0 Å². The average Bonchev–Trinajstić information content (AvgIpc) is 2.16. The maximum atomic E-state index is 5.52. The zero-order valence-corrected chi connectivity index (χ0v) is 10.6. The lowest BCUT2D eigenvalue weighted by Crippen LogP contribution is -2.26. The summed E-state index contributed by atoms with van der Waals surface area (Å²) >= 11 is 0. The van der Waals surface area contributed by atoms with E-state index in [0.29, 0.717) is 5.69 Å². The number of benzene rings is 1. The summed E-state index contributed by atoms with van der Waals surface area (Å²) in [5.41, 5.74) is 17.6. The van der Waals surface area contributed by atoms with Crippen LogP contribution in [0.5, 0.6) is 0 Å². The van der Waals surface area contributed by atoms with Crippen molar-refractivity contribution in [1.29, 1.82) is 0 Å². The van der Waals surface area contributed by atoms with Crippen molar-refractivity contribution in [3.63, 3.8) is 0 Å². The molecule has 0 spiro atoms.